The molecule has 0 radical (unpaired) electrons. The van der Waals surface area contributed by atoms with Crippen molar-refractivity contribution in [2.24, 2.45) is 5.73 Å². The molecule has 3 heteroatoms. The molecule has 1 aromatic carbocycles. The molecule has 0 spiro atoms. The number of aliphatic hydroxyl groups is 1. The Labute approximate surface area is 96.2 Å². The lowest BCUT2D eigenvalue weighted by molar-refractivity contribution is 0.271. The standard InChI is InChI=1S/C13H19NO2/c1-16-12-10(9-15)5-4-6-11(12)13(14)7-2-3-8-13/h4-6,15H,2-3,7-9,14H2,1H3. The van der Waals surface area contributed by atoms with Crippen molar-refractivity contribution in [3.8, 4) is 5.75 Å². The van der Waals surface area contributed by atoms with E-state index in [9.17, 15) is 5.11 Å². The molecule has 0 unspecified atom stereocenters. The quantitative estimate of drug-likeness (QED) is 0.819. The molecule has 0 aromatic heterocycles. The van der Waals surface area contributed by atoms with E-state index in [1.54, 1.807) is 7.11 Å². The summed E-state index contributed by atoms with van der Waals surface area (Å²) in [5.74, 6) is 0.759. The van der Waals surface area contributed by atoms with Crippen molar-refractivity contribution in [1.82, 2.24) is 0 Å². The summed E-state index contributed by atoms with van der Waals surface area (Å²) in [6.07, 6.45) is 4.34. The van der Waals surface area contributed by atoms with Crippen LogP contribution in [0.1, 0.15) is 36.8 Å². The molecule has 88 valence electrons. The zero-order valence-corrected chi connectivity index (χ0v) is 9.70. The van der Waals surface area contributed by atoms with Gasteiger partial charge in [-0.25, -0.2) is 0 Å². The maximum atomic E-state index is 9.28. The molecule has 1 fully saturated rings. The fourth-order valence-electron chi connectivity index (χ4n) is 2.62. The van der Waals surface area contributed by atoms with E-state index in [1.807, 2.05) is 18.2 Å². The predicted molar refractivity (Wildman–Crippen MR) is 63.3 cm³/mol. The third-order valence-corrected chi connectivity index (χ3v) is 3.50. The van der Waals surface area contributed by atoms with Crippen LogP contribution in [-0.4, -0.2) is 12.2 Å². The monoisotopic (exact) mass is 221 g/mol. The average Bonchev–Trinajstić information content (AvgIpc) is 2.76. The molecule has 1 aliphatic rings. The van der Waals surface area contributed by atoms with E-state index in [4.69, 9.17) is 10.5 Å². The molecule has 1 aromatic rings. The molecule has 1 saturated carbocycles. The minimum absolute atomic E-state index is 0.00685. The van der Waals surface area contributed by atoms with E-state index < -0.39 is 0 Å². The van der Waals surface area contributed by atoms with Gasteiger partial charge in [-0.2, -0.15) is 0 Å². The Kier molecular flexibility index (Phi) is 3.17. The van der Waals surface area contributed by atoms with Crippen LogP contribution in [0.15, 0.2) is 18.2 Å². The number of benzene rings is 1. The summed E-state index contributed by atoms with van der Waals surface area (Å²) in [5, 5.41) is 9.28. The van der Waals surface area contributed by atoms with Gasteiger partial charge in [0.1, 0.15) is 5.75 Å². The van der Waals surface area contributed by atoms with Crippen LogP contribution in [0.3, 0.4) is 0 Å². The van der Waals surface area contributed by atoms with Crippen LogP contribution in [0.5, 0.6) is 5.75 Å². The minimum Gasteiger partial charge on any atom is -0.496 e. The Morgan fingerprint density at radius 1 is 1.38 bits per heavy atom. The minimum atomic E-state index is -0.267. The molecule has 0 amide bonds. The van der Waals surface area contributed by atoms with Crippen molar-refractivity contribution in [2.75, 3.05) is 7.11 Å². The first-order valence-electron chi connectivity index (χ1n) is 5.77. The molecule has 3 N–H and O–H groups in total. The van der Waals surface area contributed by atoms with Gasteiger partial charge in [-0.3, -0.25) is 0 Å². The van der Waals surface area contributed by atoms with Crippen LogP contribution < -0.4 is 10.5 Å². The van der Waals surface area contributed by atoms with Gasteiger partial charge in [-0.1, -0.05) is 31.0 Å². The van der Waals surface area contributed by atoms with Gasteiger partial charge < -0.3 is 15.6 Å². The number of hydrogen-bond donors (Lipinski definition) is 2. The van der Waals surface area contributed by atoms with E-state index in [0.29, 0.717) is 0 Å². The topological polar surface area (TPSA) is 55.5 Å². The zero-order chi connectivity index (χ0) is 11.6. The molecular formula is C13H19NO2. The Morgan fingerprint density at radius 2 is 2.06 bits per heavy atom. The van der Waals surface area contributed by atoms with Crippen LogP contribution in [-0.2, 0) is 12.1 Å². The highest BCUT2D eigenvalue weighted by atomic mass is 16.5. The Hall–Kier alpha value is -1.06. The SMILES string of the molecule is COc1c(CO)cccc1C1(N)CCCC1. The van der Waals surface area contributed by atoms with E-state index in [-0.39, 0.29) is 12.1 Å². The summed E-state index contributed by atoms with van der Waals surface area (Å²) in [4.78, 5) is 0. The summed E-state index contributed by atoms with van der Waals surface area (Å²) in [6, 6.07) is 5.83. The molecule has 0 heterocycles. The van der Waals surface area contributed by atoms with Gasteiger partial charge in [-0.05, 0) is 12.8 Å². The van der Waals surface area contributed by atoms with Crippen molar-refractivity contribution in [3.63, 3.8) is 0 Å². The maximum Gasteiger partial charge on any atom is 0.129 e. The van der Waals surface area contributed by atoms with Crippen molar-refractivity contribution >= 4 is 0 Å². The first kappa shape index (κ1) is 11.4. The highest BCUT2D eigenvalue weighted by Gasteiger charge is 2.34. The van der Waals surface area contributed by atoms with E-state index in [1.165, 1.54) is 12.8 Å². The van der Waals surface area contributed by atoms with Crippen LogP contribution >= 0.6 is 0 Å². The average molecular weight is 221 g/mol. The highest BCUT2D eigenvalue weighted by Crippen LogP contribution is 2.41. The van der Waals surface area contributed by atoms with Crippen molar-refractivity contribution in [2.45, 2.75) is 37.8 Å². The van der Waals surface area contributed by atoms with Gasteiger partial charge in [0.25, 0.3) is 0 Å². The normalized spacial score (nSPS) is 18.7. The molecule has 0 bridgehead atoms. The number of methoxy groups -OCH3 is 1. The van der Waals surface area contributed by atoms with Crippen molar-refractivity contribution in [1.29, 1.82) is 0 Å². The first-order valence-corrected chi connectivity index (χ1v) is 5.77. The molecular weight excluding hydrogens is 202 g/mol. The highest BCUT2D eigenvalue weighted by molar-refractivity contribution is 5.45. The van der Waals surface area contributed by atoms with Gasteiger partial charge >= 0.3 is 0 Å². The number of para-hydroxylation sites is 1. The smallest absolute Gasteiger partial charge is 0.129 e. The molecule has 0 aliphatic heterocycles. The fourth-order valence-corrected chi connectivity index (χ4v) is 2.62. The summed E-state index contributed by atoms with van der Waals surface area (Å²) >= 11 is 0. The van der Waals surface area contributed by atoms with Crippen LogP contribution in [0, 0.1) is 0 Å². The second kappa shape index (κ2) is 4.44. The lowest BCUT2D eigenvalue weighted by Gasteiger charge is -2.27. The second-order valence-corrected chi connectivity index (χ2v) is 4.52. The van der Waals surface area contributed by atoms with Gasteiger partial charge in [0.15, 0.2) is 0 Å². The van der Waals surface area contributed by atoms with Gasteiger partial charge in [0.2, 0.25) is 0 Å². The van der Waals surface area contributed by atoms with Crippen molar-refractivity contribution in [3.05, 3.63) is 29.3 Å². The van der Waals surface area contributed by atoms with Gasteiger partial charge in [-0.15, -0.1) is 0 Å². The summed E-state index contributed by atoms with van der Waals surface area (Å²) < 4.78 is 5.40. The van der Waals surface area contributed by atoms with Crippen LogP contribution in [0.25, 0.3) is 0 Å². The Balaban J connectivity index is 2.47. The predicted octanol–water partition coefficient (Wildman–Crippen LogP) is 1.92. The molecule has 0 saturated heterocycles. The molecule has 3 nitrogen and oxygen atoms in total. The first-order chi connectivity index (χ1) is 7.71. The largest absolute Gasteiger partial charge is 0.496 e. The molecule has 1 aliphatic carbocycles. The van der Waals surface area contributed by atoms with Crippen molar-refractivity contribution < 1.29 is 9.84 Å². The zero-order valence-electron chi connectivity index (χ0n) is 9.70. The summed E-state index contributed by atoms with van der Waals surface area (Å²) in [5.41, 5.74) is 8.01. The summed E-state index contributed by atoms with van der Waals surface area (Å²) in [7, 11) is 1.64. The Morgan fingerprint density at radius 3 is 2.62 bits per heavy atom. The second-order valence-electron chi connectivity index (χ2n) is 4.52. The van der Waals surface area contributed by atoms with Gasteiger partial charge in [0, 0.05) is 16.7 Å². The number of nitrogens with two attached hydrogens (primary N) is 1. The number of aliphatic hydroxyl groups excluding tert-OH is 1. The molecule has 2 rings (SSSR count). The number of hydrogen-bond acceptors (Lipinski definition) is 3. The van der Waals surface area contributed by atoms with Crippen LogP contribution in [0.4, 0.5) is 0 Å². The summed E-state index contributed by atoms with van der Waals surface area (Å²) in [6.45, 7) is -0.00685. The lowest BCUT2D eigenvalue weighted by Crippen LogP contribution is -2.33. The third-order valence-electron chi connectivity index (χ3n) is 3.50. The van der Waals surface area contributed by atoms with E-state index >= 15 is 0 Å². The van der Waals surface area contributed by atoms with E-state index in [0.717, 1.165) is 29.7 Å². The van der Waals surface area contributed by atoms with E-state index in [2.05, 4.69) is 0 Å². The number of rotatable bonds is 3. The van der Waals surface area contributed by atoms with Gasteiger partial charge in [0.05, 0.1) is 13.7 Å². The third kappa shape index (κ3) is 1.81. The molecule has 0 atom stereocenters. The fraction of sp³-hybridized carbons (Fsp3) is 0.538. The lowest BCUT2D eigenvalue weighted by atomic mass is 9.87. The molecule has 16 heavy (non-hydrogen) atoms. The Bertz CT molecular complexity index is 370. The van der Waals surface area contributed by atoms with Crippen LogP contribution in [0.2, 0.25) is 0 Å². The number of ether oxygens (including phenoxy) is 1. The maximum absolute atomic E-state index is 9.28.